The van der Waals surface area contributed by atoms with Gasteiger partial charge in [-0.2, -0.15) is 0 Å². The lowest BCUT2D eigenvalue weighted by atomic mass is 10.1. The third-order valence-corrected chi connectivity index (χ3v) is 4.67. The number of carbonyl (C=O) groups is 3. The van der Waals surface area contributed by atoms with E-state index in [0.29, 0.717) is 38.3 Å². The van der Waals surface area contributed by atoms with E-state index >= 15 is 0 Å². The van der Waals surface area contributed by atoms with Gasteiger partial charge in [-0.05, 0) is 44.0 Å². The number of hydrogen-bond donors (Lipinski definition) is 1. The summed E-state index contributed by atoms with van der Waals surface area (Å²) < 4.78 is 15.8. The average molecular weight is 427 g/mol. The molecule has 9 nitrogen and oxygen atoms in total. The smallest absolute Gasteiger partial charge is 0.409 e. The Morgan fingerprint density at radius 3 is 2.52 bits per heavy atom. The zero-order valence-electron chi connectivity index (χ0n) is 17.3. The van der Waals surface area contributed by atoms with Gasteiger partial charge in [0.25, 0.3) is 5.91 Å². The van der Waals surface area contributed by atoms with Gasteiger partial charge < -0.3 is 24.4 Å². The number of hydrogen-bond acceptors (Lipinski definition) is 7. The standard InChI is InChI=1S/C22H25N3O6/c1-2-29-22(28)25-13-10-16(11-14-25)24-19(26)15-30-21(27)18-9-6-12-23-20(18)31-17-7-4-3-5-8-17/h3-9,12,16H,2,10-11,13-15H2,1H3,(H,24,26). The highest BCUT2D eigenvalue weighted by Crippen LogP contribution is 2.23. The van der Waals surface area contributed by atoms with E-state index in [0.717, 1.165) is 0 Å². The minimum absolute atomic E-state index is 0.0905. The number of para-hydroxylation sites is 1. The lowest BCUT2D eigenvalue weighted by molar-refractivity contribution is -0.125. The van der Waals surface area contributed by atoms with Crippen molar-refractivity contribution in [1.29, 1.82) is 0 Å². The first-order chi connectivity index (χ1) is 15.1. The molecule has 1 saturated heterocycles. The summed E-state index contributed by atoms with van der Waals surface area (Å²) in [5.74, 6) is -0.476. The SMILES string of the molecule is CCOC(=O)N1CCC(NC(=O)COC(=O)c2cccnc2Oc2ccccc2)CC1. The van der Waals surface area contributed by atoms with Crippen LogP contribution in [0.2, 0.25) is 0 Å². The average Bonchev–Trinajstić information content (AvgIpc) is 2.79. The van der Waals surface area contributed by atoms with E-state index in [1.807, 2.05) is 6.07 Å². The quantitative estimate of drug-likeness (QED) is 0.677. The zero-order valence-corrected chi connectivity index (χ0v) is 17.3. The molecule has 2 amide bonds. The molecule has 0 unspecified atom stereocenters. The summed E-state index contributed by atoms with van der Waals surface area (Å²) in [6, 6.07) is 12.0. The Morgan fingerprint density at radius 2 is 1.81 bits per heavy atom. The van der Waals surface area contributed by atoms with Crippen molar-refractivity contribution in [3.8, 4) is 11.6 Å². The van der Waals surface area contributed by atoms with E-state index in [2.05, 4.69) is 10.3 Å². The first kappa shape index (κ1) is 22.1. The molecule has 0 aliphatic carbocycles. The molecule has 0 bridgehead atoms. The maximum absolute atomic E-state index is 12.5. The van der Waals surface area contributed by atoms with Gasteiger partial charge in [0.2, 0.25) is 5.88 Å². The van der Waals surface area contributed by atoms with E-state index in [1.54, 1.807) is 42.2 Å². The predicted octanol–water partition coefficient (Wildman–Crippen LogP) is 2.77. The van der Waals surface area contributed by atoms with Crippen molar-refractivity contribution in [2.45, 2.75) is 25.8 Å². The van der Waals surface area contributed by atoms with Crippen molar-refractivity contribution in [3.63, 3.8) is 0 Å². The summed E-state index contributed by atoms with van der Waals surface area (Å²) in [5, 5.41) is 2.83. The Labute approximate surface area is 180 Å². The van der Waals surface area contributed by atoms with Gasteiger partial charge in [-0.1, -0.05) is 18.2 Å². The molecule has 2 heterocycles. The number of likely N-dealkylation sites (tertiary alicyclic amines) is 1. The fourth-order valence-corrected chi connectivity index (χ4v) is 3.13. The maximum Gasteiger partial charge on any atom is 0.409 e. The summed E-state index contributed by atoms with van der Waals surface area (Å²) >= 11 is 0. The molecule has 1 aliphatic rings. The van der Waals surface area contributed by atoms with Gasteiger partial charge in [0.05, 0.1) is 6.61 Å². The van der Waals surface area contributed by atoms with Crippen molar-refractivity contribution in [2.24, 2.45) is 0 Å². The van der Waals surface area contributed by atoms with Gasteiger partial charge in [0, 0.05) is 25.3 Å². The number of aromatic nitrogens is 1. The number of benzene rings is 1. The highest BCUT2D eigenvalue weighted by molar-refractivity contribution is 5.93. The van der Waals surface area contributed by atoms with Crippen LogP contribution in [0.4, 0.5) is 4.79 Å². The maximum atomic E-state index is 12.5. The predicted molar refractivity (Wildman–Crippen MR) is 111 cm³/mol. The molecule has 1 aromatic carbocycles. The molecule has 31 heavy (non-hydrogen) atoms. The molecular formula is C22H25N3O6. The van der Waals surface area contributed by atoms with Crippen LogP contribution in [0.5, 0.6) is 11.6 Å². The number of ether oxygens (including phenoxy) is 3. The number of esters is 1. The van der Waals surface area contributed by atoms with Crippen molar-refractivity contribution in [2.75, 3.05) is 26.3 Å². The van der Waals surface area contributed by atoms with Gasteiger partial charge in [0.1, 0.15) is 11.3 Å². The van der Waals surface area contributed by atoms with Gasteiger partial charge in [0.15, 0.2) is 6.61 Å². The van der Waals surface area contributed by atoms with E-state index in [4.69, 9.17) is 14.2 Å². The first-order valence-electron chi connectivity index (χ1n) is 10.1. The molecule has 3 rings (SSSR count). The number of amides is 2. The lowest BCUT2D eigenvalue weighted by Gasteiger charge is -2.31. The number of pyridine rings is 1. The summed E-state index contributed by atoms with van der Waals surface area (Å²) in [5.41, 5.74) is 0.127. The molecule has 1 N–H and O–H groups in total. The number of piperidine rings is 1. The molecule has 164 valence electrons. The highest BCUT2D eigenvalue weighted by atomic mass is 16.6. The zero-order chi connectivity index (χ0) is 22.1. The Hall–Kier alpha value is -3.62. The van der Waals surface area contributed by atoms with Crippen molar-refractivity contribution >= 4 is 18.0 Å². The van der Waals surface area contributed by atoms with Gasteiger partial charge in [-0.3, -0.25) is 4.79 Å². The van der Waals surface area contributed by atoms with Crippen LogP contribution in [0.1, 0.15) is 30.1 Å². The lowest BCUT2D eigenvalue weighted by Crippen LogP contribution is -2.47. The Bertz CT molecular complexity index is 897. The number of nitrogens with zero attached hydrogens (tertiary/aromatic N) is 2. The Balaban J connectivity index is 1.47. The second-order valence-corrected chi connectivity index (χ2v) is 6.88. The molecule has 1 aromatic heterocycles. The summed E-state index contributed by atoms with van der Waals surface area (Å²) in [4.78, 5) is 42.1. The highest BCUT2D eigenvalue weighted by Gasteiger charge is 2.25. The molecule has 1 aliphatic heterocycles. The molecule has 0 atom stereocenters. The topological polar surface area (TPSA) is 107 Å². The van der Waals surface area contributed by atoms with Crippen molar-refractivity contribution < 1.29 is 28.6 Å². The summed E-state index contributed by atoms with van der Waals surface area (Å²) in [6.07, 6.45) is 2.38. The second-order valence-electron chi connectivity index (χ2n) is 6.88. The fourth-order valence-electron chi connectivity index (χ4n) is 3.13. The minimum atomic E-state index is -0.702. The van der Waals surface area contributed by atoms with Crippen LogP contribution >= 0.6 is 0 Å². The van der Waals surface area contributed by atoms with Crippen molar-refractivity contribution in [1.82, 2.24) is 15.2 Å². The monoisotopic (exact) mass is 427 g/mol. The van der Waals surface area contributed by atoms with Crippen LogP contribution < -0.4 is 10.1 Å². The van der Waals surface area contributed by atoms with Crippen LogP contribution in [0, 0.1) is 0 Å². The van der Waals surface area contributed by atoms with Crippen LogP contribution in [0.3, 0.4) is 0 Å². The van der Waals surface area contributed by atoms with E-state index in [9.17, 15) is 14.4 Å². The first-order valence-corrected chi connectivity index (χ1v) is 10.1. The largest absolute Gasteiger partial charge is 0.452 e. The van der Waals surface area contributed by atoms with E-state index in [-0.39, 0.29) is 23.6 Å². The van der Waals surface area contributed by atoms with Crippen LogP contribution in [0.15, 0.2) is 48.7 Å². The Morgan fingerprint density at radius 1 is 1.06 bits per heavy atom. The summed E-state index contributed by atoms with van der Waals surface area (Å²) in [6.45, 7) is 2.67. The van der Waals surface area contributed by atoms with Gasteiger partial charge >= 0.3 is 12.1 Å². The normalized spacial score (nSPS) is 13.9. The fraction of sp³-hybridized carbons (Fsp3) is 0.364. The van der Waals surface area contributed by atoms with E-state index < -0.39 is 18.5 Å². The van der Waals surface area contributed by atoms with Crippen LogP contribution in [-0.2, 0) is 14.3 Å². The van der Waals surface area contributed by atoms with Crippen LogP contribution in [0.25, 0.3) is 0 Å². The second kappa shape index (κ2) is 11.0. The number of nitrogens with one attached hydrogen (secondary N) is 1. The molecular weight excluding hydrogens is 402 g/mol. The van der Waals surface area contributed by atoms with Crippen LogP contribution in [-0.4, -0.2) is 60.2 Å². The van der Waals surface area contributed by atoms with Gasteiger partial charge in [-0.25, -0.2) is 14.6 Å². The van der Waals surface area contributed by atoms with Gasteiger partial charge in [-0.15, -0.1) is 0 Å². The number of carbonyl (C=O) groups excluding carboxylic acids is 3. The van der Waals surface area contributed by atoms with Crippen molar-refractivity contribution in [3.05, 3.63) is 54.2 Å². The third-order valence-electron chi connectivity index (χ3n) is 4.67. The molecule has 1 fully saturated rings. The molecule has 0 radical (unpaired) electrons. The molecule has 0 saturated carbocycles. The Kier molecular flexibility index (Phi) is 7.80. The molecule has 0 spiro atoms. The number of rotatable bonds is 7. The molecule has 9 heteroatoms. The molecule has 2 aromatic rings. The third kappa shape index (κ3) is 6.43. The summed E-state index contributed by atoms with van der Waals surface area (Å²) in [7, 11) is 0. The minimum Gasteiger partial charge on any atom is -0.452 e. The van der Waals surface area contributed by atoms with E-state index in [1.165, 1.54) is 12.3 Å².